The van der Waals surface area contributed by atoms with Crippen molar-refractivity contribution in [2.45, 2.75) is 6.92 Å². The van der Waals surface area contributed by atoms with Crippen LogP contribution >= 0.6 is 27.5 Å². The topological polar surface area (TPSA) is 59.1 Å². The Labute approximate surface area is 125 Å². The molecule has 19 heavy (non-hydrogen) atoms. The lowest BCUT2D eigenvalue weighted by Gasteiger charge is -2.10. The molecule has 0 unspecified atom stereocenters. The minimum atomic E-state index is 0.0525. The molecule has 0 saturated carbocycles. The summed E-state index contributed by atoms with van der Waals surface area (Å²) >= 11 is 9.27. The summed E-state index contributed by atoms with van der Waals surface area (Å²) in [6.07, 6.45) is 0. The quantitative estimate of drug-likeness (QED) is 0.639. The third-order valence-electron chi connectivity index (χ3n) is 2.61. The zero-order valence-electron chi connectivity index (χ0n) is 10.2. The van der Waals surface area contributed by atoms with Gasteiger partial charge in [0.05, 0.1) is 4.47 Å². The van der Waals surface area contributed by atoms with E-state index in [9.17, 15) is 0 Å². The van der Waals surface area contributed by atoms with Crippen molar-refractivity contribution >= 4 is 33.4 Å². The molecule has 0 aliphatic rings. The first kappa shape index (κ1) is 13.9. The maximum atomic E-state index is 7.44. The molecule has 0 amide bonds. The molecule has 5 heteroatoms. The van der Waals surface area contributed by atoms with Gasteiger partial charge in [0.15, 0.2) is 0 Å². The van der Waals surface area contributed by atoms with Gasteiger partial charge in [-0.3, -0.25) is 5.41 Å². The van der Waals surface area contributed by atoms with Crippen molar-refractivity contribution in [2.24, 2.45) is 5.73 Å². The van der Waals surface area contributed by atoms with Crippen LogP contribution in [0, 0.1) is 12.3 Å². The van der Waals surface area contributed by atoms with Crippen molar-refractivity contribution in [3.05, 3.63) is 57.0 Å². The standard InChI is InChI=1S/C14H12BrClN2O/c1-8-6-10(3-4-11(8)14(17)18)19-13-5-2-9(16)7-12(13)15/h2-7H,1H3,(H3,17,18). The first-order chi connectivity index (χ1) is 8.97. The maximum absolute atomic E-state index is 7.44. The Morgan fingerprint density at radius 3 is 2.58 bits per heavy atom. The molecule has 0 atom stereocenters. The van der Waals surface area contributed by atoms with E-state index < -0.39 is 0 Å². The summed E-state index contributed by atoms with van der Waals surface area (Å²) in [6, 6.07) is 10.7. The number of amidine groups is 1. The number of hydrogen-bond acceptors (Lipinski definition) is 2. The Morgan fingerprint density at radius 1 is 1.26 bits per heavy atom. The molecule has 0 spiro atoms. The van der Waals surface area contributed by atoms with Crippen molar-refractivity contribution in [3.63, 3.8) is 0 Å². The maximum Gasteiger partial charge on any atom is 0.141 e. The number of halogens is 2. The van der Waals surface area contributed by atoms with Crippen LogP contribution in [-0.2, 0) is 0 Å². The van der Waals surface area contributed by atoms with Gasteiger partial charge in [-0.15, -0.1) is 0 Å². The molecule has 3 N–H and O–H groups in total. The Morgan fingerprint density at radius 2 is 2.00 bits per heavy atom. The van der Waals surface area contributed by atoms with Crippen LogP contribution in [0.3, 0.4) is 0 Å². The molecule has 2 rings (SSSR count). The Bertz CT molecular complexity index is 643. The van der Waals surface area contributed by atoms with Crippen LogP contribution in [0.1, 0.15) is 11.1 Å². The number of nitrogens with one attached hydrogen (secondary N) is 1. The number of hydrogen-bond donors (Lipinski definition) is 2. The molecule has 0 fully saturated rings. The molecule has 0 bridgehead atoms. The molecule has 0 saturated heterocycles. The highest BCUT2D eigenvalue weighted by Gasteiger charge is 2.06. The largest absolute Gasteiger partial charge is 0.456 e. The summed E-state index contributed by atoms with van der Waals surface area (Å²) in [5.41, 5.74) is 7.09. The fourth-order valence-corrected chi connectivity index (χ4v) is 2.45. The zero-order valence-corrected chi connectivity index (χ0v) is 12.5. The third-order valence-corrected chi connectivity index (χ3v) is 3.46. The Hall–Kier alpha value is -1.52. The predicted molar refractivity (Wildman–Crippen MR) is 81.4 cm³/mol. The first-order valence-corrected chi connectivity index (χ1v) is 6.72. The molecule has 0 radical (unpaired) electrons. The van der Waals surface area contributed by atoms with Crippen LogP contribution in [-0.4, -0.2) is 5.84 Å². The summed E-state index contributed by atoms with van der Waals surface area (Å²) in [5, 5.41) is 8.08. The van der Waals surface area contributed by atoms with Gasteiger partial charge in [0.25, 0.3) is 0 Å². The van der Waals surface area contributed by atoms with E-state index in [4.69, 9.17) is 27.5 Å². The van der Waals surface area contributed by atoms with Crippen molar-refractivity contribution in [1.82, 2.24) is 0 Å². The summed E-state index contributed by atoms with van der Waals surface area (Å²) in [4.78, 5) is 0. The van der Waals surface area contributed by atoms with E-state index in [1.807, 2.05) is 13.0 Å². The van der Waals surface area contributed by atoms with Gasteiger partial charge in [0.1, 0.15) is 17.3 Å². The summed E-state index contributed by atoms with van der Waals surface area (Å²) in [7, 11) is 0. The molecule has 98 valence electrons. The summed E-state index contributed by atoms with van der Waals surface area (Å²) < 4.78 is 6.55. The second kappa shape index (κ2) is 5.63. The molecule has 0 aliphatic heterocycles. The van der Waals surface area contributed by atoms with E-state index in [-0.39, 0.29) is 5.84 Å². The predicted octanol–water partition coefficient (Wildman–Crippen LogP) is 4.49. The molecule has 0 aromatic heterocycles. The van der Waals surface area contributed by atoms with Gasteiger partial charge >= 0.3 is 0 Å². The molecular weight excluding hydrogens is 328 g/mol. The van der Waals surface area contributed by atoms with Crippen molar-refractivity contribution in [1.29, 1.82) is 5.41 Å². The normalized spacial score (nSPS) is 10.3. The number of nitrogens with two attached hydrogens (primary N) is 1. The number of ether oxygens (including phenoxy) is 1. The Kier molecular flexibility index (Phi) is 4.12. The lowest BCUT2D eigenvalue weighted by Crippen LogP contribution is -2.12. The van der Waals surface area contributed by atoms with Crippen molar-refractivity contribution < 1.29 is 4.74 Å². The van der Waals surface area contributed by atoms with E-state index in [1.165, 1.54) is 0 Å². The van der Waals surface area contributed by atoms with Gasteiger partial charge in [-0.2, -0.15) is 0 Å². The van der Waals surface area contributed by atoms with Crippen LogP contribution in [0.4, 0.5) is 0 Å². The van der Waals surface area contributed by atoms with Gasteiger partial charge < -0.3 is 10.5 Å². The van der Waals surface area contributed by atoms with E-state index in [0.717, 1.165) is 10.0 Å². The first-order valence-electron chi connectivity index (χ1n) is 5.55. The minimum Gasteiger partial charge on any atom is -0.456 e. The van der Waals surface area contributed by atoms with E-state index in [1.54, 1.807) is 30.3 Å². The highest BCUT2D eigenvalue weighted by molar-refractivity contribution is 9.10. The highest BCUT2D eigenvalue weighted by Crippen LogP contribution is 2.32. The fourth-order valence-electron chi connectivity index (χ4n) is 1.69. The smallest absolute Gasteiger partial charge is 0.141 e. The molecule has 0 aliphatic carbocycles. The number of aryl methyl sites for hydroxylation is 1. The van der Waals surface area contributed by atoms with E-state index >= 15 is 0 Å². The second-order valence-corrected chi connectivity index (χ2v) is 5.36. The highest BCUT2D eigenvalue weighted by atomic mass is 79.9. The average Bonchev–Trinajstić information content (AvgIpc) is 2.32. The van der Waals surface area contributed by atoms with E-state index in [0.29, 0.717) is 22.1 Å². The summed E-state index contributed by atoms with van der Waals surface area (Å²) in [6.45, 7) is 1.89. The third kappa shape index (κ3) is 3.28. The van der Waals surface area contributed by atoms with Gasteiger partial charge in [0.2, 0.25) is 0 Å². The molecule has 2 aromatic carbocycles. The molecule has 3 nitrogen and oxygen atoms in total. The van der Waals surface area contributed by atoms with Gasteiger partial charge in [0, 0.05) is 10.6 Å². The van der Waals surface area contributed by atoms with Gasteiger partial charge in [-0.25, -0.2) is 0 Å². The zero-order chi connectivity index (χ0) is 14.0. The SMILES string of the molecule is Cc1cc(Oc2ccc(Cl)cc2Br)ccc1C(=N)N. The van der Waals surface area contributed by atoms with Crippen LogP contribution < -0.4 is 10.5 Å². The Balaban J connectivity index is 2.29. The lowest BCUT2D eigenvalue weighted by molar-refractivity contribution is 0.479. The van der Waals surface area contributed by atoms with Gasteiger partial charge in [-0.05, 0) is 64.8 Å². The minimum absolute atomic E-state index is 0.0525. The van der Waals surface area contributed by atoms with Crippen LogP contribution in [0.25, 0.3) is 0 Å². The number of nitrogen functional groups attached to an aromatic ring is 1. The molecule has 2 aromatic rings. The van der Waals surface area contributed by atoms with Crippen LogP contribution in [0.2, 0.25) is 5.02 Å². The molecular formula is C14H12BrClN2O. The van der Waals surface area contributed by atoms with Crippen molar-refractivity contribution in [3.8, 4) is 11.5 Å². The monoisotopic (exact) mass is 338 g/mol. The number of benzene rings is 2. The van der Waals surface area contributed by atoms with E-state index in [2.05, 4.69) is 15.9 Å². The van der Waals surface area contributed by atoms with Crippen LogP contribution in [0.15, 0.2) is 40.9 Å². The van der Waals surface area contributed by atoms with Gasteiger partial charge in [-0.1, -0.05) is 11.6 Å². The lowest BCUT2D eigenvalue weighted by atomic mass is 10.1. The molecule has 0 heterocycles. The van der Waals surface area contributed by atoms with Crippen LogP contribution in [0.5, 0.6) is 11.5 Å². The average molecular weight is 340 g/mol. The summed E-state index contributed by atoms with van der Waals surface area (Å²) in [5.74, 6) is 1.42. The second-order valence-electron chi connectivity index (χ2n) is 4.07. The number of rotatable bonds is 3. The van der Waals surface area contributed by atoms with Crippen molar-refractivity contribution in [2.75, 3.05) is 0 Å². The fraction of sp³-hybridized carbons (Fsp3) is 0.0714.